The lowest BCUT2D eigenvalue weighted by molar-refractivity contribution is 0.101. The van der Waals surface area contributed by atoms with Gasteiger partial charge in [-0.05, 0) is 50.6 Å². The second-order valence-electron chi connectivity index (χ2n) is 4.81. The first-order valence-corrected chi connectivity index (χ1v) is 7.02. The van der Waals surface area contributed by atoms with E-state index in [9.17, 15) is 4.79 Å². The minimum atomic E-state index is -0.0885. The monoisotopic (exact) mass is 320 g/mol. The lowest BCUT2D eigenvalue weighted by Crippen LogP contribution is -2.17. The maximum atomic E-state index is 12.2. The Balaban J connectivity index is 2.21. The fourth-order valence-electron chi connectivity index (χ4n) is 1.90. The number of hydrogen-bond acceptors (Lipinski definition) is 1. The highest BCUT2D eigenvalue weighted by Gasteiger charge is 2.12. The molecule has 0 saturated heterocycles. The molecule has 4 heteroatoms. The van der Waals surface area contributed by atoms with Gasteiger partial charge in [0.25, 0.3) is 5.91 Å². The fourth-order valence-corrected chi connectivity index (χ4v) is 2.28. The number of aryl methyl sites for hydroxylation is 1. The van der Waals surface area contributed by atoms with Crippen LogP contribution in [0.1, 0.15) is 35.9 Å². The van der Waals surface area contributed by atoms with Gasteiger partial charge in [0, 0.05) is 22.4 Å². The summed E-state index contributed by atoms with van der Waals surface area (Å²) in [5.41, 5.74) is 2.61. The van der Waals surface area contributed by atoms with Gasteiger partial charge in [0.15, 0.2) is 0 Å². The van der Waals surface area contributed by atoms with Crippen LogP contribution in [-0.2, 0) is 0 Å². The van der Waals surface area contributed by atoms with Gasteiger partial charge in [-0.15, -0.1) is 0 Å². The molecule has 0 fully saturated rings. The minimum Gasteiger partial charge on any atom is -0.341 e. The van der Waals surface area contributed by atoms with E-state index in [0.29, 0.717) is 5.69 Å². The molecule has 19 heavy (non-hydrogen) atoms. The first-order chi connectivity index (χ1) is 8.99. The topological polar surface area (TPSA) is 34.0 Å². The predicted octanol–water partition coefficient (Wildman–Crippen LogP) is 4.39. The predicted molar refractivity (Wildman–Crippen MR) is 81.6 cm³/mol. The van der Waals surface area contributed by atoms with Gasteiger partial charge in [0.1, 0.15) is 5.69 Å². The van der Waals surface area contributed by atoms with Gasteiger partial charge in [0.2, 0.25) is 0 Å². The summed E-state index contributed by atoms with van der Waals surface area (Å²) in [4.78, 5) is 12.2. The van der Waals surface area contributed by atoms with E-state index >= 15 is 0 Å². The molecule has 0 aliphatic heterocycles. The highest BCUT2D eigenvalue weighted by Crippen LogP contribution is 2.21. The number of anilines is 1. The largest absolute Gasteiger partial charge is 0.341 e. The third-order valence-electron chi connectivity index (χ3n) is 3.00. The minimum absolute atomic E-state index is 0.0885. The summed E-state index contributed by atoms with van der Waals surface area (Å²) in [7, 11) is 0. The van der Waals surface area contributed by atoms with E-state index in [4.69, 9.17) is 0 Å². The SMILES string of the molecule is Cc1ccc(NC(=O)c2cccn2C(C)C)cc1Br. The number of nitrogens with one attached hydrogen (secondary N) is 1. The molecule has 2 aromatic rings. The van der Waals surface area contributed by atoms with E-state index < -0.39 is 0 Å². The van der Waals surface area contributed by atoms with Crippen molar-refractivity contribution in [3.8, 4) is 0 Å². The third-order valence-corrected chi connectivity index (χ3v) is 3.85. The molecule has 3 nitrogen and oxygen atoms in total. The molecule has 100 valence electrons. The number of rotatable bonds is 3. The Hall–Kier alpha value is -1.55. The maximum absolute atomic E-state index is 12.2. The van der Waals surface area contributed by atoms with Crippen molar-refractivity contribution in [2.75, 3.05) is 5.32 Å². The van der Waals surface area contributed by atoms with Crippen molar-refractivity contribution in [1.29, 1.82) is 0 Å². The molecule has 0 aliphatic rings. The molecule has 1 amide bonds. The molecule has 0 atom stereocenters. The van der Waals surface area contributed by atoms with Crippen molar-refractivity contribution >= 4 is 27.5 Å². The number of aromatic nitrogens is 1. The molecule has 2 rings (SSSR count). The summed E-state index contributed by atoms with van der Waals surface area (Å²) < 4.78 is 2.95. The zero-order chi connectivity index (χ0) is 14.0. The molecule has 0 radical (unpaired) electrons. The summed E-state index contributed by atoms with van der Waals surface area (Å²) in [6.07, 6.45) is 1.92. The van der Waals surface area contributed by atoms with Crippen molar-refractivity contribution in [2.24, 2.45) is 0 Å². The summed E-state index contributed by atoms with van der Waals surface area (Å²) >= 11 is 3.47. The lowest BCUT2D eigenvalue weighted by atomic mass is 10.2. The van der Waals surface area contributed by atoms with Gasteiger partial charge >= 0.3 is 0 Å². The van der Waals surface area contributed by atoms with Crippen molar-refractivity contribution in [3.63, 3.8) is 0 Å². The van der Waals surface area contributed by atoms with Crippen LogP contribution in [0.2, 0.25) is 0 Å². The molecule has 1 heterocycles. The molecule has 0 unspecified atom stereocenters. The lowest BCUT2D eigenvalue weighted by Gasteiger charge is -2.13. The zero-order valence-corrected chi connectivity index (χ0v) is 12.9. The molecule has 1 aromatic heterocycles. The molecule has 0 bridgehead atoms. The van der Waals surface area contributed by atoms with Crippen molar-refractivity contribution in [2.45, 2.75) is 26.8 Å². The zero-order valence-electron chi connectivity index (χ0n) is 11.3. The van der Waals surface area contributed by atoms with Gasteiger partial charge in [-0.1, -0.05) is 22.0 Å². The molecule has 0 spiro atoms. The number of carbonyl (C=O) groups excluding carboxylic acids is 1. The first kappa shape index (κ1) is 13.9. The number of benzene rings is 1. The smallest absolute Gasteiger partial charge is 0.272 e. The van der Waals surface area contributed by atoms with Crippen molar-refractivity contribution in [1.82, 2.24) is 4.57 Å². The van der Waals surface area contributed by atoms with Crippen molar-refractivity contribution < 1.29 is 4.79 Å². The Bertz CT molecular complexity index is 602. The number of amides is 1. The Labute approximate surface area is 121 Å². The Morgan fingerprint density at radius 1 is 1.32 bits per heavy atom. The Morgan fingerprint density at radius 2 is 2.05 bits per heavy atom. The number of hydrogen-bond donors (Lipinski definition) is 1. The fraction of sp³-hybridized carbons (Fsp3) is 0.267. The standard InChI is InChI=1S/C15H17BrN2O/c1-10(2)18-8-4-5-14(18)15(19)17-12-7-6-11(3)13(16)9-12/h4-10H,1-3H3,(H,17,19). The van der Waals surface area contributed by atoms with Crippen LogP contribution < -0.4 is 5.32 Å². The van der Waals surface area contributed by atoms with E-state index in [1.54, 1.807) is 0 Å². The second kappa shape index (κ2) is 5.61. The molecule has 0 aliphatic carbocycles. The van der Waals surface area contributed by atoms with Crippen LogP contribution in [0, 0.1) is 6.92 Å². The molecule has 0 saturated carbocycles. The normalized spacial score (nSPS) is 10.8. The maximum Gasteiger partial charge on any atom is 0.272 e. The first-order valence-electron chi connectivity index (χ1n) is 6.23. The summed E-state index contributed by atoms with van der Waals surface area (Å²) in [5, 5.41) is 2.92. The van der Waals surface area contributed by atoms with Gasteiger partial charge in [0.05, 0.1) is 0 Å². The highest BCUT2D eigenvalue weighted by molar-refractivity contribution is 9.10. The summed E-state index contributed by atoms with van der Waals surface area (Å²) in [6, 6.07) is 9.77. The van der Waals surface area contributed by atoms with Crippen molar-refractivity contribution in [3.05, 3.63) is 52.3 Å². The van der Waals surface area contributed by atoms with E-state index in [-0.39, 0.29) is 11.9 Å². The van der Waals surface area contributed by atoms with Crippen LogP contribution >= 0.6 is 15.9 Å². The van der Waals surface area contributed by atoms with Gasteiger partial charge in [-0.25, -0.2) is 0 Å². The van der Waals surface area contributed by atoms with Crippen LogP contribution in [-0.4, -0.2) is 10.5 Å². The quantitative estimate of drug-likeness (QED) is 0.894. The second-order valence-corrected chi connectivity index (χ2v) is 5.67. The Morgan fingerprint density at radius 3 is 2.68 bits per heavy atom. The molecular weight excluding hydrogens is 304 g/mol. The van der Waals surface area contributed by atoms with E-state index in [2.05, 4.69) is 35.1 Å². The molecular formula is C15H17BrN2O. The summed E-state index contributed by atoms with van der Waals surface area (Å²) in [5.74, 6) is -0.0885. The van der Waals surface area contributed by atoms with E-state index in [1.165, 1.54) is 0 Å². The number of nitrogens with zero attached hydrogens (tertiary/aromatic N) is 1. The number of carbonyl (C=O) groups is 1. The van der Waals surface area contributed by atoms with Gasteiger partial charge in [-0.3, -0.25) is 4.79 Å². The van der Waals surface area contributed by atoms with Gasteiger partial charge < -0.3 is 9.88 Å². The van der Waals surface area contributed by atoms with Crippen LogP contribution in [0.15, 0.2) is 41.0 Å². The summed E-state index contributed by atoms with van der Waals surface area (Å²) in [6.45, 7) is 6.12. The highest BCUT2D eigenvalue weighted by atomic mass is 79.9. The van der Waals surface area contributed by atoms with E-state index in [1.807, 2.05) is 48.0 Å². The molecule has 1 N–H and O–H groups in total. The van der Waals surface area contributed by atoms with E-state index in [0.717, 1.165) is 15.7 Å². The Kier molecular flexibility index (Phi) is 4.10. The molecule has 1 aromatic carbocycles. The van der Waals surface area contributed by atoms with Gasteiger partial charge in [-0.2, -0.15) is 0 Å². The number of halogens is 1. The van der Waals surface area contributed by atoms with Crippen LogP contribution in [0.25, 0.3) is 0 Å². The van der Waals surface area contributed by atoms with Crippen LogP contribution in [0.5, 0.6) is 0 Å². The third kappa shape index (κ3) is 3.07. The van der Waals surface area contributed by atoms with Crippen LogP contribution in [0.4, 0.5) is 5.69 Å². The average molecular weight is 321 g/mol. The van der Waals surface area contributed by atoms with Crippen LogP contribution in [0.3, 0.4) is 0 Å². The average Bonchev–Trinajstić information content (AvgIpc) is 2.83.